The molecule has 0 aliphatic rings. The summed E-state index contributed by atoms with van der Waals surface area (Å²) in [5, 5.41) is 95.0. The number of phenolic OH excluding ortho intramolecular Hbond substituents is 2. The van der Waals surface area contributed by atoms with Gasteiger partial charge in [-0.05, 0) is 54.6 Å². The summed E-state index contributed by atoms with van der Waals surface area (Å²) in [5.74, 6) is -0.301. The highest BCUT2D eigenvalue weighted by Gasteiger charge is 2.16. The molecule has 10 N–H and O–H groups in total. The third-order valence-electron chi connectivity index (χ3n) is 7.17. The summed E-state index contributed by atoms with van der Waals surface area (Å²) in [6, 6.07) is 17.2. The molecule has 0 aromatic heterocycles. The number of anilines is 6. The fourth-order valence-corrected chi connectivity index (χ4v) is 4.64. The zero-order chi connectivity index (χ0) is 32.0. The van der Waals surface area contributed by atoms with Gasteiger partial charge in [-0.1, -0.05) is 0 Å². The third-order valence-corrected chi connectivity index (χ3v) is 7.17. The van der Waals surface area contributed by atoms with Crippen molar-refractivity contribution in [3.63, 3.8) is 0 Å². The number of hydrogen-bond donors (Lipinski definition) is 10. The third kappa shape index (κ3) is 10.7. The minimum atomic E-state index is -0.683. The number of benzene rings is 3. The molecule has 242 valence electrons. The van der Waals surface area contributed by atoms with Crippen molar-refractivity contribution in [1.29, 1.82) is 0 Å². The number of aliphatic hydroxyl groups is 4. The van der Waals surface area contributed by atoms with Gasteiger partial charge in [0.05, 0.1) is 64.0 Å². The van der Waals surface area contributed by atoms with Crippen molar-refractivity contribution in [2.45, 2.75) is 0 Å². The standard InChI is InChI=1S/C30H44N6O8/c37-17-13-35(43,14-18-38)11-9-31-23-1-5-25(6-2-23)33-27-21-28(30(42)22-29(27)41)34-26-7-3-24(4-8-26)32-10-12-36(44,15-19-39)16-20-40/h1-8,21-22,31-34,37-42H,9-20H2. The Morgan fingerprint density at radius 1 is 0.477 bits per heavy atom. The normalized spacial score (nSPS) is 11.8. The van der Waals surface area contributed by atoms with Gasteiger partial charge in [-0.3, -0.25) is 0 Å². The van der Waals surface area contributed by atoms with Gasteiger partial charge in [-0.2, -0.15) is 0 Å². The summed E-state index contributed by atoms with van der Waals surface area (Å²) >= 11 is 0. The molecule has 0 bridgehead atoms. The summed E-state index contributed by atoms with van der Waals surface area (Å²) in [6.45, 7) is 0.165. The molecule has 44 heavy (non-hydrogen) atoms. The van der Waals surface area contributed by atoms with E-state index < -0.39 is 9.29 Å². The Bertz CT molecular complexity index is 1170. The van der Waals surface area contributed by atoms with Crippen molar-refractivity contribution in [2.75, 3.05) is 100 Å². The second kappa shape index (κ2) is 16.8. The summed E-state index contributed by atoms with van der Waals surface area (Å²) in [4.78, 5) is 0. The Hall–Kier alpha value is -3.86. The molecule has 0 saturated heterocycles. The van der Waals surface area contributed by atoms with Gasteiger partial charge >= 0.3 is 0 Å². The smallest absolute Gasteiger partial charge is 0.142 e. The summed E-state index contributed by atoms with van der Waals surface area (Å²) in [6.07, 6.45) is 0. The van der Waals surface area contributed by atoms with Gasteiger partial charge < -0.3 is 71.6 Å². The van der Waals surface area contributed by atoms with E-state index in [0.717, 1.165) is 11.4 Å². The molecule has 0 fully saturated rings. The molecule has 0 atom stereocenters. The van der Waals surface area contributed by atoms with Gasteiger partial charge in [-0.25, -0.2) is 0 Å². The zero-order valence-corrected chi connectivity index (χ0v) is 24.7. The van der Waals surface area contributed by atoms with Crippen molar-refractivity contribution in [3.05, 3.63) is 71.1 Å². The molecule has 0 spiro atoms. The summed E-state index contributed by atoms with van der Waals surface area (Å²) in [5.41, 5.74) is 3.60. The van der Waals surface area contributed by atoms with Crippen LogP contribution in [-0.4, -0.2) is 119 Å². The number of aromatic hydroxyl groups is 2. The van der Waals surface area contributed by atoms with Crippen LogP contribution in [0.15, 0.2) is 60.7 Å². The van der Waals surface area contributed by atoms with Crippen molar-refractivity contribution in [2.24, 2.45) is 0 Å². The number of nitrogens with one attached hydrogen (secondary N) is 4. The first-order valence-electron chi connectivity index (χ1n) is 14.5. The van der Waals surface area contributed by atoms with Crippen LogP contribution in [0.1, 0.15) is 0 Å². The van der Waals surface area contributed by atoms with E-state index in [0.29, 0.717) is 35.8 Å². The Labute approximate surface area is 256 Å². The highest BCUT2D eigenvalue weighted by Crippen LogP contribution is 2.38. The van der Waals surface area contributed by atoms with E-state index in [2.05, 4.69) is 21.3 Å². The van der Waals surface area contributed by atoms with Crippen LogP contribution in [0.4, 0.5) is 34.1 Å². The van der Waals surface area contributed by atoms with Crippen molar-refractivity contribution in [1.82, 2.24) is 0 Å². The van der Waals surface area contributed by atoms with Crippen LogP contribution in [0.5, 0.6) is 11.5 Å². The van der Waals surface area contributed by atoms with Crippen molar-refractivity contribution in [3.8, 4) is 11.5 Å². The molecule has 14 heteroatoms. The molecule has 14 nitrogen and oxygen atoms in total. The first-order valence-corrected chi connectivity index (χ1v) is 14.5. The molecular weight excluding hydrogens is 572 g/mol. The number of hydroxylamine groups is 6. The summed E-state index contributed by atoms with van der Waals surface area (Å²) in [7, 11) is 0. The van der Waals surface area contributed by atoms with E-state index in [1.165, 1.54) is 6.07 Å². The van der Waals surface area contributed by atoms with Crippen LogP contribution in [0.25, 0.3) is 0 Å². The number of nitrogens with zero attached hydrogens (tertiary/aromatic N) is 2. The van der Waals surface area contributed by atoms with Gasteiger partial charge in [0.2, 0.25) is 0 Å². The van der Waals surface area contributed by atoms with Crippen LogP contribution in [0, 0.1) is 10.4 Å². The first kappa shape index (κ1) is 34.6. The topological polar surface area (TPSA) is 216 Å². The minimum Gasteiger partial charge on any atom is -0.633 e. The first-order chi connectivity index (χ1) is 21.1. The predicted molar refractivity (Wildman–Crippen MR) is 171 cm³/mol. The molecule has 0 heterocycles. The monoisotopic (exact) mass is 616 g/mol. The minimum absolute atomic E-state index is 0.0174. The number of quaternary nitrogens is 2. The second-order valence-electron chi connectivity index (χ2n) is 10.5. The van der Waals surface area contributed by atoms with E-state index in [-0.39, 0.29) is 77.2 Å². The molecule has 3 aromatic rings. The number of rotatable bonds is 20. The highest BCUT2D eigenvalue weighted by atomic mass is 16.6. The Kier molecular flexibility index (Phi) is 13.3. The fraction of sp³-hybridized carbons (Fsp3) is 0.400. The maximum absolute atomic E-state index is 12.6. The van der Waals surface area contributed by atoms with Gasteiger partial charge in [0, 0.05) is 28.8 Å². The molecule has 0 amide bonds. The second-order valence-corrected chi connectivity index (χ2v) is 10.5. The maximum Gasteiger partial charge on any atom is 0.142 e. The van der Waals surface area contributed by atoms with Gasteiger partial charge in [0.15, 0.2) is 0 Å². The van der Waals surface area contributed by atoms with Crippen molar-refractivity contribution >= 4 is 34.1 Å². The summed E-state index contributed by atoms with van der Waals surface area (Å²) < 4.78 is -1.37. The molecule has 0 saturated carbocycles. The maximum atomic E-state index is 12.6. The average Bonchev–Trinajstić information content (AvgIpc) is 2.98. The van der Waals surface area contributed by atoms with Crippen molar-refractivity contribution < 1.29 is 39.9 Å². The van der Waals surface area contributed by atoms with Gasteiger partial charge in [0.25, 0.3) is 0 Å². The Morgan fingerprint density at radius 2 is 0.795 bits per heavy atom. The number of phenols is 2. The lowest BCUT2D eigenvalue weighted by atomic mass is 10.2. The lowest BCUT2D eigenvalue weighted by Crippen LogP contribution is -2.49. The Balaban J connectivity index is 1.57. The van der Waals surface area contributed by atoms with E-state index in [4.69, 9.17) is 20.4 Å². The molecule has 0 aliphatic carbocycles. The lowest BCUT2D eigenvalue weighted by Gasteiger charge is -2.42. The van der Waals surface area contributed by atoms with E-state index in [1.807, 2.05) is 0 Å². The van der Waals surface area contributed by atoms with Gasteiger partial charge in [0.1, 0.15) is 37.7 Å². The van der Waals surface area contributed by atoms with Crippen LogP contribution in [-0.2, 0) is 0 Å². The van der Waals surface area contributed by atoms with Crippen LogP contribution < -0.4 is 21.3 Å². The van der Waals surface area contributed by atoms with E-state index in [9.17, 15) is 20.6 Å². The Morgan fingerprint density at radius 3 is 1.11 bits per heavy atom. The largest absolute Gasteiger partial charge is 0.633 e. The van der Waals surface area contributed by atoms with E-state index >= 15 is 0 Å². The van der Waals surface area contributed by atoms with Crippen LogP contribution >= 0.6 is 0 Å². The molecule has 3 rings (SSSR count). The number of hydrogen-bond acceptors (Lipinski definition) is 12. The van der Waals surface area contributed by atoms with E-state index in [1.54, 1.807) is 54.6 Å². The van der Waals surface area contributed by atoms with Crippen LogP contribution in [0.3, 0.4) is 0 Å². The molecule has 0 unspecified atom stereocenters. The highest BCUT2D eigenvalue weighted by molar-refractivity contribution is 5.78. The molecule has 0 radical (unpaired) electrons. The molecule has 0 aliphatic heterocycles. The molecule has 3 aromatic carbocycles. The lowest BCUT2D eigenvalue weighted by molar-refractivity contribution is -0.879. The average molecular weight is 617 g/mol. The zero-order valence-electron chi connectivity index (χ0n) is 24.7. The molecular formula is C30H44N6O8. The van der Waals surface area contributed by atoms with Gasteiger partial charge in [-0.15, -0.1) is 0 Å². The SMILES string of the molecule is [O-][N+](CCO)(CCO)CCNc1ccc(Nc2cc(Nc3ccc(NCC[N+]([O-])(CCO)CCO)cc3)c(O)cc2O)cc1. The van der Waals surface area contributed by atoms with Crippen LogP contribution in [0.2, 0.25) is 0 Å². The fourth-order valence-electron chi connectivity index (χ4n) is 4.64. The quantitative estimate of drug-likeness (QED) is 0.0382. The number of aliphatic hydroxyl groups excluding tert-OH is 4. The predicted octanol–water partition coefficient (Wildman–Crippen LogP) is 2.01.